The van der Waals surface area contributed by atoms with Gasteiger partial charge in [-0.05, 0) is 54.8 Å². The third-order valence-electron chi connectivity index (χ3n) is 4.51. The fourth-order valence-electron chi connectivity index (χ4n) is 2.70. The summed E-state index contributed by atoms with van der Waals surface area (Å²) in [6.45, 7) is 6.08. The normalized spacial score (nSPS) is 12.0. The average Bonchev–Trinajstić information content (AvgIpc) is 3.08. The number of hydrogen-bond acceptors (Lipinski definition) is 6. The van der Waals surface area contributed by atoms with E-state index in [1.165, 1.54) is 22.0 Å². The van der Waals surface area contributed by atoms with Crippen molar-refractivity contribution in [2.24, 2.45) is 0 Å². The molecular formula is C21H25N5O2S. The van der Waals surface area contributed by atoms with E-state index in [-0.39, 0.29) is 5.91 Å². The number of benzene rings is 2. The van der Waals surface area contributed by atoms with E-state index in [1.807, 2.05) is 55.5 Å². The Labute approximate surface area is 174 Å². The van der Waals surface area contributed by atoms with Crippen LogP contribution in [0.25, 0.3) is 11.4 Å². The molecule has 0 unspecified atom stereocenters. The van der Waals surface area contributed by atoms with E-state index in [0.29, 0.717) is 16.9 Å². The Morgan fingerprint density at radius 3 is 2.31 bits per heavy atom. The third-order valence-corrected chi connectivity index (χ3v) is 5.57. The second kappa shape index (κ2) is 9.00. The standard InChI is InChI=1S/C21H25N5O2S/c1-13(2)15-5-9-17(10-6-15)23-20(27)14(3)29-21-25-24-19(26(21)22)16-7-11-18(28-4)12-8-16/h5-14H,22H2,1-4H3,(H,23,27)/t14-/m0/s1. The number of aromatic nitrogens is 3. The van der Waals surface area contributed by atoms with E-state index in [0.717, 1.165) is 17.0 Å². The van der Waals surface area contributed by atoms with Crippen molar-refractivity contribution in [1.29, 1.82) is 0 Å². The number of hydrogen-bond donors (Lipinski definition) is 2. The first-order valence-corrected chi connectivity index (χ1v) is 10.2. The lowest BCUT2D eigenvalue weighted by atomic mass is 10.0. The molecule has 0 aliphatic carbocycles. The molecule has 0 fully saturated rings. The maximum absolute atomic E-state index is 12.6. The summed E-state index contributed by atoms with van der Waals surface area (Å²) in [7, 11) is 1.61. The molecule has 152 valence electrons. The van der Waals surface area contributed by atoms with Crippen LogP contribution in [-0.2, 0) is 4.79 Å². The SMILES string of the molecule is COc1ccc(-c2nnc(S[C@@H](C)C(=O)Nc3ccc(C(C)C)cc3)n2N)cc1. The van der Waals surface area contributed by atoms with Crippen molar-refractivity contribution in [2.45, 2.75) is 37.1 Å². The smallest absolute Gasteiger partial charge is 0.237 e. The summed E-state index contributed by atoms with van der Waals surface area (Å²) in [5.41, 5.74) is 2.81. The number of amides is 1. The number of anilines is 1. The van der Waals surface area contributed by atoms with Crippen LogP contribution in [0.5, 0.6) is 5.75 Å². The minimum absolute atomic E-state index is 0.124. The first-order chi connectivity index (χ1) is 13.9. The van der Waals surface area contributed by atoms with Gasteiger partial charge in [-0.1, -0.05) is 37.7 Å². The van der Waals surface area contributed by atoms with Crippen molar-refractivity contribution in [3.8, 4) is 17.1 Å². The van der Waals surface area contributed by atoms with E-state index >= 15 is 0 Å². The molecule has 8 heteroatoms. The van der Waals surface area contributed by atoms with Gasteiger partial charge < -0.3 is 15.9 Å². The van der Waals surface area contributed by atoms with Gasteiger partial charge in [-0.25, -0.2) is 4.68 Å². The number of nitrogens with two attached hydrogens (primary N) is 1. The molecule has 0 spiro atoms. The van der Waals surface area contributed by atoms with Crippen LogP contribution >= 0.6 is 11.8 Å². The maximum atomic E-state index is 12.6. The Kier molecular flexibility index (Phi) is 6.43. The zero-order valence-electron chi connectivity index (χ0n) is 16.9. The number of carbonyl (C=O) groups is 1. The molecule has 3 rings (SSSR count). The Hall–Kier alpha value is -3.00. The van der Waals surface area contributed by atoms with E-state index in [9.17, 15) is 4.79 Å². The number of rotatable bonds is 7. The van der Waals surface area contributed by atoms with Crippen molar-refractivity contribution in [2.75, 3.05) is 18.3 Å². The van der Waals surface area contributed by atoms with Gasteiger partial charge in [0, 0.05) is 11.3 Å². The van der Waals surface area contributed by atoms with Crippen molar-refractivity contribution >= 4 is 23.4 Å². The first kappa shape index (κ1) is 20.7. The molecule has 0 aliphatic heterocycles. The van der Waals surface area contributed by atoms with Gasteiger partial charge in [-0.15, -0.1) is 10.2 Å². The molecule has 0 saturated carbocycles. The summed E-state index contributed by atoms with van der Waals surface area (Å²) in [5, 5.41) is 11.3. The first-order valence-electron chi connectivity index (χ1n) is 9.31. The summed E-state index contributed by atoms with van der Waals surface area (Å²) in [4.78, 5) is 12.6. The Balaban J connectivity index is 1.66. The highest BCUT2D eigenvalue weighted by Crippen LogP contribution is 2.26. The van der Waals surface area contributed by atoms with Crippen LogP contribution in [0.1, 0.15) is 32.3 Å². The number of nitrogens with zero attached hydrogens (tertiary/aromatic N) is 3. The Morgan fingerprint density at radius 2 is 1.72 bits per heavy atom. The summed E-state index contributed by atoms with van der Waals surface area (Å²) in [5.74, 6) is 7.75. The summed E-state index contributed by atoms with van der Waals surface area (Å²) >= 11 is 1.26. The van der Waals surface area contributed by atoms with Gasteiger partial charge in [-0.3, -0.25) is 4.79 Å². The highest BCUT2D eigenvalue weighted by Gasteiger charge is 2.20. The monoisotopic (exact) mass is 411 g/mol. The second-order valence-electron chi connectivity index (χ2n) is 6.93. The number of methoxy groups -OCH3 is 1. The molecule has 1 amide bonds. The molecule has 1 atom stereocenters. The van der Waals surface area contributed by atoms with Crippen molar-refractivity contribution in [3.05, 3.63) is 54.1 Å². The summed E-state index contributed by atoms with van der Waals surface area (Å²) in [6, 6.07) is 15.3. The highest BCUT2D eigenvalue weighted by molar-refractivity contribution is 8.00. The quantitative estimate of drug-likeness (QED) is 0.452. The largest absolute Gasteiger partial charge is 0.497 e. The molecule has 3 N–H and O–H groups in total. The molecular weight excluding hydrogens is 386 g/mol. The van der Waals surface area contributed by atoms with Gasteiger partial charge in [-0.2, -0.15) is 0 Å². The molecule has 1 heterocycles. The van der Waals surface area contributed by atoms with Gasteiger partial charge in [0.15, 0.2) is 5.82 Å². The maximum Gasteiger partial charge on any atom is 0.237 e. The number of ether oxygens (including phenoxy) is 1. The number of thioether (sulfide) groups is 1. The minimum Gasteiger partial charge on any atom is -0.497 e. The van der Waals surface area contributed by atoms with Crippen LogP contribution in [0, 0.1) is 0 Å². The van der Waals surface area contributed by atoms with Gasteiger partial charge in [0.2, 0.25) is 11.1 Å². The van der Waals surface area contributed by atoms with E-state index in [1.54, 1.807) is 7.11 Å². The second-order valence-corrected chi connectivity index (χ2v) is 8.24. The van der Waals surface area contributed by atoms with Crippen molar-refractivity contribution in [3.63, 3.8) is 0 Å². The molecule has 0 bridgehead atoms. The molecule has 0 saturated heterocycles. The van der Waals surface area contributed by atoms with Crippen LogP contribution in [0.15, 0.2) is 53.7 Å². The number of nitrogens with one attached hydrogen (secondary N) is 1. The van der Waals surface area contributed by atoms with Gasteiger partial charge >= 0.3 is 0 Å². The van der Waals surface area contributed by atoms with E-state index in [2.05, 4.69) is 29.4 Å². The fraction of sp³-hybridized carbons (Fsp3) is 0.286. The van der Waals surface area contributed by atoms with Gasteiger partial charge in [0.1, 0.15) is 5.75 Å². The lowest BCUT2D eigenvalue weighted by Gasteiger charge is -2.12. The third kappa shape index (κ3) is 4.89. The molecule has 0 radical (unpaired) electrons. The Bertz CT molecular complexity index is 968. The Morgan fingerprint density at radius 1 is 1.07 bits per heavy atom. The predicted molar refractivity (Wildman–Crippen MR) is 117 cm³/mol. The van der Waals surface area contributed by atoms with Crippen LogP contribution in [0.4, 0.5) is 5.69 Å². The van der Waals surface area contributed by atoms with E-state index < -0.39 is 5.25 Å². The number of carbonyl (C=O) groups excluding carboxylic acids is 1. The van der Waals surface area contributed by atoms with Crippen LogP contribution in [0.2, 0.25) is 0 Å². The summed E-state index contributed by atoms with van der Waals surface area (Å²) in [6.07, 6.45) is 0. The lowest BCUT2D eigenvalue weighted by Crippen LogP contribution is -2.23. The molecule has 2 aromatic carbocycles. The molecule has 29 heavy (non-hydrogen) atoms. The topological polar surface area (TPSA) is 95.1 Å². The predicted octanol–water partition coefficient (Wildman–Crippen LogP) is 3.91. The lowest BCUT2D eigenvalue weighted by molar-refractivity contribution is -0.115. The molecule has 1 aromatic heterocycles. The van der Waals surface area contributed by atoms with Crippen molar-refractivity contribution < 1.29 is 9.53 Å². The zero-order valence-corrected chi connectivity index (χ0v) is 17.7. The highest BCUT2D eigenvalue weighted by atomic mass is 32.2. The fourth-order valence-corrected chi connectivity index (χ4v) is 3.47. The number of nitrogen functional groups attached to an aromatic ring is 1. The van der Waals surface area contributed by atoms with Crippen LogP contribution in [-0.4, -0.2) is 33.1 Å². The van der Waals surface area contributed by atoms with E-state index in [4.69, 9.17) is 10.6 Å². The molecule has 3 aromatic rings. The molecule has 0 aliphatic rings. The average molecular weight is 412 g/mol. The van der Waals surface area contributed by atoms with Gasteiger partial charge in [0.05, 0.1) is 12.4 Å². The van der Waals surface area contributed by atoms with Crippen molar-refractivity contribution in [1.82, 2.24) is 14.9 Å². The minimum atomic E-state index is -0.394. The zero-order chi connectivity index (χ0) is 21.0. The summed E-state index contributed by atoms with van der Waals surface area (Å²) < 4.78 is 6.56. The van der Waals surface area contributed by atoms with Gasteiger partial charge in [0.25, 0.3) is 0 Å². The van der Waals surface area contributed by atoms with Crippen LogP contribution < -0.4 is 15.9 Å². The molecule has 7 nitrogen and oxygen atoms in total. The van der Waals surface area contributed by atoms with Crippen LogP contribution in [0.3, 0.4) is 0 Å².